The molecule has 2 amide bonds. The number of hydrogen-bond donors (Lipinski definition) is 3. The van der Waals surface area contributed by atoms with Crippen LogP contribution in [0.1, 0.15) is 44.7 Å². The van der Waals surface area contributed by atoms with E-state index in [1.807, 2.05) is 60.0 Å². The molecule has 0 aliphatic carbocycles. The summed E-state index contributed by atoms with van der Waals surface area (Å²) in [6.07, 6.45) is 2.49. The number of thiophene rings is 1. The fraction of sp³-hybridized carbons (Fsp3) is 0.414. The van der Waals surface area contributed by atoms with E-state index in [4.69, 9.17) is 4.74 Å². The topological polar surface area (TPSA) is 96.5 Å². The summed E-state index contributed by atoms with van der Waals surface area (Å²) in [5, 5.41) is 12.3. The lowest BCUT2D eigenvalue weighted by Gasteiger charge is -2.36. The second-order valence-corrected chi connectivity index (χ2v) is 11.5. The van der Waals surface area contributed by atoms with Crippen LogP contribution in [0.15, 0.2) is 60.0 Å². The van der Waals surface area contributed by atoms with Gasteiger partial charge in [0.1, 0.15) is 23.5 Å². The van der Waals surface area contributed by atoms with Crippen LogP contribution in [-0.4, -0.2) is 48.1 Å². The number of alkyl carbamates (subject to hydrolysis) is 1. The highest BCUT2D eigenvalue weighted by atomic mass is 32.1. The minimum absolute atomic E-state index is 0.210. The van der Waals surface area contributed by atoms with Gasteiger partial charge in [0.15, 0.2) is 0 Å². The van der Waals surface area contributed by atoms with Gasteiger partial charge in [-0.1, -0.05) is 48.5 Å². The summed E-state index contributed by atoms with van der Waals surface area (Å²) in [7, 11) is 0. The Kier molecular flexibility index (Phi) is 8.29. The maximum absolute atomic E-state index is 13.9. The van der Waals surface area contributed by atoms with E-state index in [1.54, 1.807) is 32.1 Å². The number of nitrogens with one attached hydrogen (secondary N) is 3. The van der Waals surface area contributed by atoms with Crippen molar-refractivity contribution in [3.8, 4) is 0 Å². The van der Waals surface area contributed by atoms with Gasteiger partial charge in [-0.25, -0.2) is 4.79 Å². The van der Waals surface area contributed by atoms with Crippen LogP contribution in [0.2, 0.25) is 0 Å². The zero-order valence-electron chi connectivity index (χ0n) is 21.6. The van der Waals surface area contributed by atoms with Crippen LogP contribution >= 0.6 is 11.3 Å². The highest BCUT2D eigenvalue weighted by Crippen LogP contribution is 2.28. The lowest BCUT2D eigenvalue weighted by Crippen LogP contribution is -2.65. The largest absolute Gasteiger partial charge is 0.444 e. The van der Waals surface area contributed by atoms with Crippen molar-refractivity contribution in [2.75, 3.05) is 6.54 Å². The molecule has 1 unspecified atom stereocenters. The first-order valence-electron chi connectivity index (χ1n) is 12.7. The molecule has 3 N–H and O–H groups in total. The smallest absolute Gasteiger partial charge is 0.408 e. The van der Waals surface area contributed by atoms with Gasteiger partial charge in [-0.3, -0.25) is 4.79 Å². The Morgan fingerprint density at radius 3 is 2.54 bits per heavy atom. The summed E-state index contributed by atoms with van der Waals surface area (Å²) in [5.74, 6) is -0.419. The second-order valence-electron chi connectivity index (χ2n) is 10.6. The monoisotopic (exact) mass is 521 g/mol. The van der Waals surface area contributed by atoms with E-state index in [-0.39, 0.29) is 12.5 Å². The molecule has 0 saturated carbocycles. The number of fused-ring (bicyclic) bond motifs is 1. The molecule has 1 fully saturated rings. The molecular weight excluding hydrogens is 486 g/mol. The van der Waals surface area contributed by atoms with Crippen molar-refractivity contribution in [1.29, 1.82) is 0 Å². The number of aldehydes is 1. The van der Waals surface area contributed by atoms with Crippen molar-refractivity contribution in [1.82, 2.24) is 16.0 Å². The van der Waals surface area contributed by atoms with E-state index in [2.05, 4.69) is 16.0 Å². The Balaban J connectivity index is 1.63. The number of benzene rings is 2. The van der Waals surface area contributed by atoms with E-state index in [0.717, 1.165) is 46.9 Å². The van der Waals surface area contributed by atoms with Crippen molar-refractivity contribution >= 4 is 39.7 Å². The number of carbonyl (C=O) groups is 3. The fourth-order valence-electron chi connectivity index (χ4n) is 4.85. The summed E-state index contributed by atoms with van der Waals surface area (Å²) < 4.78 is 6.57. The van der Waals surface area contributed by atoms with Gasteiger partial charge in [0, 0.05) is 23.6 Å². The number of amides is 2. The number of hydrogen-bond acceptors (Lipinski definition) is 6. The van der Waals surface area contributed by atoms with Gasteiger partial charge in [0.05, 0.1) is 0 Å². The zero-order chi connectivity index (χ0) is 26.5. The molecule has 3 atom stereocenters. The van der Waals surface area contributed by atoms with E-state index in [1.165, 1.54) is 0 Å². The molecule has 7 nitrogen and oxygen atoms in total. The van der Waals surface area contributed by atoms with Crippen LogP contribution in [-0.2, 0) is 27.2 Å². The molecular formula is C29H35N3O4S. The molecule has 1 aromatic heterocycles. The molecule has 196 valence electrons. The summed E-state index contributed by atoms with van der Waals surface area (Å²) in [4.78, 5) is 39.3. The average Bonchev–Trinajstić information content (AvgIpc) is 3.54. The highest BCUT2D eigenvalue weighted by Gasteiger charge is 2.43. The number of ether oxygens (including phenoxy) is 1. The first-order valence-corrected chi connectivity index (χ1v) is 13.6. The third-order valence-electron chi connectivity index (χ3n) is 6.58. The molecule has 2 heterocycles. The van der Waals surface area contributed by atoms with Crippen molar-refractivity contribution in [2.24, 2.45) is 0 Å². The van der Waals surface area contributed by atoms with E-state index >= 15 is 0 Å². The molecule has 0 spiro atoms. The normalized spacial score (nSPS) is 18.1. The first kappa shape index (κ1) is 26.8. The molecule has 3 aromatic rings. The van der Waals surface area contributed by atoms with Crippen LogP contribution < -0.4 is 16.0 Å². The van der Waals surface area contributed by atoms with Gasteiger partial charge >= 0.3 is 6.09 Å². The van der Waals surface area contributed by atoms with E-state index in [0.29, 0.717) is 6.42 Å². The third-order valence-corrected chi connectivity index (χ3v) is 7.59. The summed E-state index contributed by atoms with van der Waals surface area (Å²) >= 11 is 1.59. The molecule has 1 aliphatic heterocycles. The van der Waals surface area contributed by atoms with Crippen molar-refractivity contribution < 1.29 is 19.1 Å². The van der Waals surface area contributed by atoms with E-state index in [9.17, 15) is 14.4 Å². The van der Waals surface area contributed by atoms with Crippen molar-refractivity contribution in [2.45, 2.75) is 69.7 Å². The fourth-order valence-corrected chi connectivity index (χ4v) is 5.83. The molecule has 8 heteroatoms. The van der Waals surface area contributed by atoms with Crippen LogP contribution in [0.5, 0.6) is 0 Å². The summed E-state index contributed by atoms with van der Waals surface area (Å²) in [5.41, 5.74) is 0.0347. The lowest BCUT2D eigenvalue weighted by molar-refractivity contribution is -0.129. The molecule has 1 aliphatic rings. The zero-order valence-corrected chi connectivity index (χ0v) is 22.4. The Morgan fingerprint density at radius 2 is 1.86 bits per heavy atom. The molecule has 0 radical (unpaired) electrons. The Labute approximate surface area is 222 Å². The lowest BCUT2D eigenvalue weighted by atomic mass is 9.83. The van der Waals surface area contributed by atoms with Crippen molar-refractivity contribution in [3.05, 3.63) is 71.1 Å². The van der Waals surface area contributed by atoms with Crippen LogP contribution in [0.3, 0.4) is 0 Å². The quantitative estimate of drug-likeness (QED) is 0.363. The first-order chi connectivity index (χ1) is 17.7. The average molecular weight is 522 g/mol. The standard InChI is InChI=1S/C29H35N3O4S/c1-28(2,3)36-27(35)31-23(16-21-18-37-24-13-8-7-12-22(21)24)26(34)32-29(19-33,25-14-9-15-30-25)17-20-10-5-4-6-11-20/h4-8,10-13,18-19,23,25,30H,9,14-17H2,1-3H3,(H,31,35)(H,32,34)/t23-,25?,29+/m0/s1. The van der Waals surface area contributed by atoms with Gasteiger partial charge in [-0.2, -0.15) is 0 Å². The molecule has 0 bridgehead atoms. The predicted octanol–water partition coefficient (Wildman–Crippen LogP) is 4.39. The molecule has 37 heavy (non-hydrogen) atoms. The Hall–Kier alpha value is -3.23. The van der Waals surface area contributed by atoms with E-state index < -0.39 is 29.2 Å². The highest BCUT2D eigenvalue weighted by molar-refractivity contribution is 7.17. The Bertz CT molecular complexity index is 1230. The number of rotatable bonds is 9. The van der Waals surface area contributed by atoms with Gasteiger partial charge in [-0.15, -0.1) is 11.3 Å². The van der Waals surface area contributed by atoms with Crippen LogP contribution in [0.25, 0.3) is 10.1 Å². The van der Waals surface area contributed by atoms with Gasteiger partial charge in [-0.05, 0) is 68.1 Å². The maximum Gasteiger partial charge on any atom is 0.408 e. The van der Waals surface area contributed by atoms with Gasteiger partial charge < -0.3 is 25.5 Å². The van der Waals surface area contributed by atoms with Crippen LogP contribution in [0.4, 0.5) is 4.79 Å². The minimum atomic E-state index is -1.15. The van der Waals surface area contributed by atoms with Crippen molar-refractivity contribution in [3.63, 3.8) is 0 Å². The van der Waals surface area contributed by atoms with Gasteiger partial charge in [0.2, 0.25) is 5.91 Å². The third kappa shape index (κ3) is 6.76. The SMILES string of the molecule is CC(C)(C)OC(=O)N[C@@H](Cc1csc2ccccc12)C(=O)N[C@@](C=O)(Cc1ccccc1)C1CCCN1. The predicted molar refractivity (Wildman–Crippen MR) is 147 cm³/mol. The molecule has 4 rings (SSSR count). The van der Waals surface area contributed by atoms with Gasteiger partial charge in [0.25, 0.3) is 0 Å². The maximum atomic E-state index is 13.9. The van der Waals surface area contributed by atoms with Crippen LogP contribution in [0, 0.1) is 0 Å². The summed E-state index contributed by atoms with van der Waals surface area (Å²) in [6, 6.07) is 16.5. The molecule has 1 saturated heterocycles. The number of carbonyl (C=O) groups excluding carboxylic acids is 3. The summed E-state index contributed by atoms with van der Waals surface area (Å²) in [6.45, 7) is 6.11. The molecule has 2 aromatic carbocycles. The Morgan fingerprint density at radius 1 is 1.14 bits per heavy atom. The minimum Gasteiger partial charge on any atom is -0.444 e. The second kappa shape index (κ2) is 11.4.